The molecule has 1 heterocycles. The largest absolute Gasteiger partial charge is 0.491 e. The Hall–Kier alpha value is -1.06. The maximum Gasteiger partial charge on any atom is 0.137 e. The first-order valence-electron chi connectivity index (χ1n) is 10.4. The summed E-state index contributed by atoms with van der Waals surface area (Å²) in [6, 6.07) is 9.89. The Morgan fingerprint density at radius 2 is 1.60 bits per heavy atom. The summed E-state index contributed by atoms with van der Waals surface area (Å²) in [4.78, 5) is 1.54. The van der Waals surface area contributed by atoms with Crippen LogP contribution in [0.4, 0.5) is 0 Å². The summed E-state index contributed by atoms with van der Waals surface area (Å²) >= 11 is 0. The SMILES string of the molecule is C[C@@H]1CCC[C@@H](C)[NH+]1C[C@H](O)COc1ccc(C2CCCCC2)cc1. The molecular weight excluding hydrogens is 310 g/mol. The molecular formula is C22H36NO2+. The summed E-state index contributed by atoms with van der Waals surface area (Å²) in [5, 5.41) is 10.4. The average Bonchev–Trinajstić information content (AvgIpc) is 2.64. The molecule has 1 aromatic carbocycles. The van der Waals surface area contributed by atoms with Gasteiger partial charge in [0.05, 0.1) is 12.1 Å². The molecule has 1 aliphatic carbocycles. The number of likely N-dealkylation sites (tertiary alicyclic amines) is 1. The maximum atomic E-state index is 10.4. The van der Waals surface area contributed by atoms with E-state index in [2.05, 4.69) is 38.1 Å². The molecule has 0 amide bonds. The van der Waals surface area contributed by atoms with Crippen molar-refractivity contribution in [3.05, 3.63) is 29.8 Å². The summed E-state index contributed by atoms with van der Waals surface area (Å²) in [6.45, 7) is 5.80. The highest BCUT2D eigenvalue weighted by molar-refractivity contribution is 5.29. The summed E-state index contributed by atoms with van der Waals surface area (Å²) in [5.74, 6) is 1.62. The number of ether oxygens (including phenoxy) is 1. The van der Waals surface area contributed by atoms with Gasteiger partial charge in [0, 0.05) is 0 Å². The molecule has 1 saturated carbocycles. The van der Waals surface area contributed by atoms with E-state index < -0.39 is 6.10 Å². The lowest BCUT2D eigenvalue weighted by atomic mass is 9.84. The summed E-state index contributed by atoms with van der Waals surface area (Å²) < 4.78 is 5.86. The standard InChI is InChI=1S/C22H35NO2/c1-17-7-6-8-18(2)23(17)15-21(24)16-25-22-13-11-20(12-14-22)19-9-4-3-5-10-19/h11-14,17-19,21,24H,3-10,15-16H2,1-2H3/p+1/t17-,18-,21+/m1/s1. The first-order valence-corrected chi connectivity index (χ1v) is 10.4. The van der Waals surface area contributed by atoms with Crippen LogP contribution >= 0.6 is 0 Å². The zero-order chi connectivity index (χ0) is 17.6. The van der Waals surface area contributed by atoms with E-state index in [1.165, 1.54) is 61.8 Å². The maximum absolute atomic E-state index is 10.4. The van der Waals surface area contributed by atoms with Crippen LogP contribution < -0.4 is 9.64 Å². The van der Waals surface area contributed by atoms with Gasteiger partial charge in [-0.15, -0.1) is 0 Å². The van der Waals surface area contributed by atoms with Gasteiger partial charge >= 0.3 is 0 Å². The normalized spacial score (nSPS) is 27.2. The van der Waals surface area contributed by atoms with Crippen LogP contribution in [0.2, 0.25) is 0 Å². The van der Waals surface area contributed by atoms with Crippen LogP contribution in [0.1, 0.15) is 76.7 Å². The molecule has 0 radical (unpaired) electrons. The van der Waals surface area contributed by atoms with Crippen LogP contribution in [0.25, 0.3) is 0 Å². The first kappa shape index (κ1) is 18.7. The number of aliphatic hydroxyl groups is 1. The molecule has 2 aliphatic rings. The fourth-order valence-corrected chi connectivity index (χ4v) is 4.78. The van der Waals surface area contributed by atoms with Crippen molar-refractivity contribution in [1.82, 2.24) is 0 Å². The molecule has 0 unspecified atom stereocenters. The van der Waals surface area contributed by atoms with Gasteiger partial charge in [-0.3, -0.25) is 0 Å². The number of aliphatic hydroxyl groups excluding tert-OH is 1. The van der Waals surface area contributed by atoms with Crippen LogP contribution in [-0.4, -0.2) is 36.4 Å². The average molecular weight is 347 g/mol. The Bertz CT molecular complexity index is 499. The highest BCUT2D eigenvalue weighted by atomic mass is 16.5. The van der Waals surface area contributed by atoms with Crippen molar-refractivity contribution in [2.45, 2.75) is 89.3 Å². The summed E-state index contributed by atoms with van der Waals surface area (Å²) in [6.07, 6.45) is 10.3. The molecule has 140 valence electrons. The smallest absolute Gasteiger partial charge is 0.137 e. The highest BCUT2D eigenvalue weighted by Gasteiger charge is 2.30. The van der Waals surface area contributed by atoms with E-state index in [4.69, 9.17) is 4.74 Å². The van der Waals surface area contributed by atoms with Crippen molar-refractivity contribution < 1.29 is 14.7 Å². The van der Waals surface area contributed by atoms with Crippen molar-refractivity contribution in [1.29, 1.82) is 0 Å². The molecule has 0 aromatic heterocycles. The number of benzene rings is 1. The van der Waals surface area contributed by atoms with Crippen molar-refractivity contribution in [2.24, 2.45) is 0 Å². The van der Waals surface area contributed by atoms with Crippen LogP contribution in [0.5, 0.6) is 5.75 Å². The number of quaternary nitrogens is 1. The number of hydrogen-bond donors (Lipinski definition) is 2. The molecule has 0 bridgehead atoms. The third-order valence-electron chi connectivity index (χ3n) is 6.41. The Kier molecular flexibility index (Phi) is 6.77. The third-order valence-corrected chi connectivity index (χ3v) is 6.41. The number of nitrogens with one attached hydrogen (secondary N) is 1. The van der Waals surface area contributed by atoms with Gasteiger partial charge in [-0.1, -0.05) is 31.4 Å². The van der Waals surface area contributed by atoms with Gasteiger partial charge in [0.1, 0.15) is 25.0 Å². The van der Waals surface area contributed by atoms with Crippen molar-refractivity contribution in [3.8, 4) is 5.75 Å². The molecule has 1 saturated heterocycles. The van der Waals surface area contributed by atoms with E-state index in [1.807, 2.05) is 0 Å². The van der Waals surface area contributed by atoms with E-state index >= 15 is 0 Å². The Labute approximate surface area is 153 Å². The second-order valence-electron chi connectivity index (χ2n) is 8.38. The van der Waals surface area contributed by atoms with Crippen molar-refractivity contribution >= 4 is 0 Å². The first-order chi connectivity index (χ1) is 12.1. The molecule has 2 fully saturated rings. The predicted octanol–water partition coefficient (Wildman–Crippen LogP) is 3.32. The van der Waals surface area contributed by atoms with E-state index in [-0.39, 0.29) is 0 Å². The minimum absolute atomic E-state index is 0.393. The quantitative estimate of drug-likeness (QED) is 0.828. The third kappa shape index (κ3) is 5.21. The number of piperidine rings is 1. The molecule has 3 rings (SSSR count). The van der Waals surface area contributed by atoms with Gasteiger partial charge in [0.15, 0.2) is 0 Å². The van der Waals surface area contributed by atoms with Crippen LogP contribution in [0, 0.1) is 0 Å². The van der Waals surface area contributed by atoms with E-state index in [0.29, 0.717) is 18.7 Å². The Balaban J connectivity index is 1.46. The molecule has 2 N–H and O–H groups in total. The van der Waals surface area contributed by atoms with Crippen molar-refractivity contribution in [2.75, 3.05) is 13.2 Å². The van der Waals surface area contributed by atoms with Crippen molar-refractivity contribution in [3.63, 3.8) is 0 Å². The van der Waals surface area contributed by atoms with E-state index in [9.17, 15) is 5.11 Å². The minimum atomic E-state index is -0.393. The monoisotopic (exact) mass is 346 g/mol. The fourth-order valence-electron chi connectivity index (χ4n) is 4.78. The summed E-state index contributed by atoms with van der Waals surface area (Å²) in [7, 11) is 0. The molecule has 0 spiro atoms. The van der Waals surface area contributed by atoms with Gasteiger partial charge in [-0.05, 0) is 69.6 Å². The topological polar surface area (TPSA) is 33.9 Å². The number of rotatable bonds is 6. The second kappa shape index (κ2) is 9.05. The lowest BCUT2D eigenvalue weighted by molar-refractivity contribution is -0.954. The lowest BCUT2D eigenvalue weighted by Gasteiger charge is -2.36. The molecule has 3 atom stereocenters. The van der Waals surface area contributed by atoms with E-state index in [1.54, 1.807) is 0 Å². The minimum Gasteiger partial charge on any atom is -0.491 e. The van der Waals surface area contributed by atoms with Gasteiger partial charge in [-0.25, -0.2) is 0 Å². The van der Waals surface area contributed by atoms with Gasteiger partial charge in [0.25, 0.3) is 0 Å². The lowest BCUT2D eigenvalue weighted by Crippen LogP contribution is -3.20. The van der Waals surface area contributed by atoms with Crippen LogP contribution in [0.3, 0.4) is 0 Å². The molecule has 3 nitrogen and oxygen atoms in total. The van der Waals surface area contributed by atoms with Gasteiger partial charge in [0.2, 0.25) is 0 Å². The predicted molar refractivity (Wildman–Crippen MR) is 102 cm³/mol. The van der Waals surface area contributed by atoms with E-state index in [0.717, 1.165) is 18.2 Å². The fraction of sp³-hybridized carbons (Fsp3) is 0.727. The zero-order valence-electron chi connectivity index (χ0n) is 16.0. The molecule has 3 heteroatoms. The second-order valence-corrected chi connectivity index (χ2v) is 8.38. The van der Waals surface area contributed by atoms with Gasteiger partial charge in [-0.2, -0.15) is 0 Å². The Morgan fingerprint density at radius 3 is 2.24 bits per heavy atom. The molecule has 1 aromatic rings. The highest BCUT2D eigenvalue weighted by Crippen LogP contribution is 2.33. The van der Waals surface area contributed by atoms with Gasteiger partial charge < -0.3 is 14.7 Å². The number of hydrogen-bond acceptors (Lipinski definition) is 2. The molecule has 25 heavy (non-hydrogen) atoms. The summed E-state index contributed by atoms with van der Waals surface area (Å²) in [5.41, 5.74) is 1.45. The Morgan fingerprint density at radius 1 is 0.960 bits per heavy atom. The van der Waals surface area contributed by atoms with Crippen LogP contribution in [0.15, 0.2) is 24.3 Å². The molecule has 1 aliphatic heterocycles. The zero-order valence-corrected chi connectivity index (χ0v) is 16.0. The van der Waals surface area contributed by atoms with Crippen LogP contribution in [-0.2, 0) is 0 Å².